The summed E-state index contributed by atoms with van der Waals surface area (Å²) < 4.78 is 35.8. The molecule has 146 valence electrons. The fraction of sp³-hybridized carbons (Fsp3) is 0.450. The van der Waals surface area contributed by atoms with Gasteiger partial charge in [-0.3, -0.25) is 0 Å². The Labute approximate surface area is 167 Å². The SMILES string of the molecule is C[C@@H](Cc1c(Cl)c[nH+]cc1Cl)c1ccc(OC(F)F)c(OCC2C[C@@H]2C)c1. The molecule has 1 aromatic carbocycles. The molecule has 3 atom stereocenters. The number of benzene rings is 1. The van der Waals surface area contributed by atoms with Gasteiger partial charge >= 0.3 is 6.61 Å². The van der Waals surface area contributed by atoms with E-state index in [0.717, 1.165) is 17.5 Å². The van der Waals surface area contributed by atoms with Gasteiger partial charge in [-0.05, 0) is 48.3 Å². The number of hydrogen-bond acceptors (Lipinski definition) is 2. The fourth-order valence-electron chi connectivity index (χ4n) is 3.06. The van der Waals surface area contributed by atoms with Crippen LogP contribution in [0.3, 0.4) is 0 Å². The van der Waals surface area contributed by atoms with Crippen molar-refractivity contribution in [3.05, 3.63) is 51.8 Å². The predicted octanol–water partition coefficient (Wildman–Crippen LogP) is 5.79. The van der Waals surface area contributed by atoms with Gasteiger partial charge in [-0.25, -0.2) is 4.98 Å². The first kappa shape index (κ1) is 20.2. The maximum atomic E-state index is 12.7. The molecule has 1 heterocycles. The predicted molar refractivity (Wildman–Crippen MR) is 101 cm³/mol. The first-order valence-electron chi connectivity index (χ1n) is 8.90. The summed E-state index contributed by atoms with van der Waals surface area (Å²) in [6, 6.07) is 5.07. The third-order valence-corrected chi connectivity index (χ3v) is 5.66. The summed E-state index contributed by atoms with van der Waals surface area (Å²) in [6.07, 6.45) is 5.07. The molecule has 1 saturated carbocycles. The zero-order valence-electron chi connectivity index (χ0n) is 15.1. The molecule has 2 aromatic rings. The maximum Gasteiger partial charge on any atom is 0.387 e. The van der Waals surface area contributed by atoms with E-state index in [1.54, 1.807) is 24.5 Å². The van der Waals surface area contributed by atoms with Crippen LogP contribution in [0.25, 0.3) is 0 Å². The van der Waals surface area contributed by atoms with Crippen LogP contribution in [0, 0.1) is 11.8 Å². The molecule has 0 radical (unpaired) electrons. The largest absolute Gasteiger partial charge is 0.489 e. The van der Waals surface area contributed by atoms with Crippen LogP contribution in [0.1, 0.15) is 37.3 Å². The second-order valence-corrected chi connectivity index (χ2v) is 7.92. The van der Waals surface area contributed by atoms with Gasteiger partial charge in [-0.1, -0.05) is 43.1 Å². The molecule has 3 rings (SSSR count). The Morgan fingerprint density at radius 3 is 2.44 bits per heavy atom. The van der Waals surface area contributed by atoms with E-state index in [9.17, 15) is 8.78 Å². The van der Waals surface area contributed by atoms with Crippen LogP contribution in [0.2, 0.25) is 10.0 Å². The highest BCUT2D eigenvalue weighted by Gasteiger charge is 2.33. The van der Waals surface area contributed by atoms with Gasteiger partial charge in [0.1, 0.15) is 10.0 Å². The highest BCUT2D eigenvalue weighted by atomic mass is 35.5. The lowest BCUT2D eigenvalue weighted by Crippen LogP contribution is -2.09. The maximum absolute atomic E-state index is 12.7. The minimum atomic E-state index is -2.89. The summed E-state index contributed by atoms with van der Waals surface area (Å²) in [5.41, 5.74) is 1.78. The summed E-state index contributed by atoms with van der Waals surface area (Å²) in [4.78, 5) is 2.88. The van der Waals surface area contributed by atoms with Gasteiger partial charge in [0.25, 0.3) is 0 Å². The highest BCUT2D eigenvalue weighted by Crippen LogP contribution is 2.40. The van der Waals surface area contributed by atoms with E-state index in [4.69, 9.17) is 27.9 Å². The van der Waals surface area contributed by atoms with Crippen molar-refractivity contribution in [2.24, 2.45) is 11.8 Å². The van der Waals surface area contributed by atoms with E-state index < -0.39 is 6.61 Å². The highest BCUT2D eigenvalue weighted by molar-refractivity contribution is 6.35. The van der Waals surface area contributed by atoms with Crippen molar-refractivity contribution in [1.29, 1.82) is 0 Å². The molecule has 1 unspecified atom stereocenters. The number of halogens is 4. The van der Waals surface area contributed by atoms with Crippen molar-refractivity contribution < 1.29 is 23.2 Å². The normalized spacial score (nSPS) is 19.8. The van der Waals surface area contributed by atoms with Crippen LogP contribution in [0.5, 0.6) is 11.5 Å². The van der Waals surface area contributed by atoms with Gasteiger partial charge in [-0.15, -0.1) is 0 Å². The van der Waals surface area contributed by atoms with Gasteiger partial charge < -0.3 is 9.47 Å². The molecular formula is C20H22Cl2F2NO2+. The Kier molecular flexibility index (Phi) is 6.43. The van der Waals surface area contributed by atoms with E-state index in [-0.39, 0.29) is 11.7 Å². The van der Waals surface area contributed by atoms with Gasteiger partial charge in [0, 0.05) is 5.56 Å². The van der Waals surface area contributed by atoms with Gasteiger partial charge in [0.15, 0.2) is 23.9 Å². The second kappa shape index (κ2) is 8.61. The smallest absolute Gasteiger partial charge is 0.387 e. The minimum Gasteiger partial charge on any atom is -0.489 e. The third kappa shape index (κ3) is 5.23. The number of hydrogen-bond donors (Lipinski definition) is 0. The number of alkyl halides is 2. The Morgan fingerprint density at radius 1 is 1.19 bits per heavy atom. The number of pyridine rings is 1. The lowest BCUT2D eigenvalue weighted by Gasteiger charge is -2.17. The van der Waals surface area contributed by atoms with E-state index >= 15 is 0 Å². The molecule has 1 fully saturated rings. The summed E-state index contributed by atoms with van der Waals surface area (Å²) in [5, 5.41) is 1.12. The monoisotopic (exact) mass is 416 g/mol. The zero-order valence-corrected chi connectivity index (χ0v) is 16.7. The standard InChI is InChI=1S/C20H21Cl2F2NO2/c1-11-5-14(11)10-26-19-7-13(3-4-18(19)27-20(23)24)12(2)6-15-16(21)8-25-9-17(15)22/h3-4,7-9,11-12,14,20H,5-6,10H2,1-2H3/p+1/t11-,12-,14?/m0/s1. The van der Waals surface area contributed by atoms with Crippen LogP contribution in [-0.4, -0.2) is 13.2 Å². The molecule has 1 N–H and O–H groups in total. The van der Waals surface area contributed by atoms with Crippen molar-refractivity contribution in [3.63, 3.8) is 0 Å². The molecule has 27 heavy (non-hydrogen) atoms. The average Bonchev–Trinajstić information content (AvgIpc) is 3.32. The summed E-state index contributed by atoms with van der Waals surface area (Å²) >= 11 is 12.5. The first-order valence-corrected chi connectivity index (χ1v) is 9.66. The molecule has 1 aliphatic carbocycles. The number of aromatic nitrogens is 1. The number of nitrogens with one attached hydrogen (secondary N) is 1. The van der Waals surface area contributed by atoms with Gasteiger partial charge in [-0.2, -0.15) is 8.78 Å². The molecular weight excluding hydrogens is 395 g/mol. The van der Waals surface area contributed by atoms with E-state index in [2.05, 4.69) is 16.6 Å². The van der Waals surface area contributed by atoms with E-state index in [1.807, 2.05) is 6.92 Å². The van der Waals surface area contributed by atoms with Gasteiger partial charge in [0.05, 0.1) is 6.61 Å². The Hall–Kier alpha value is -1.59. The first-order chi connectivity index (χ1) is 12.8. The fourth-order valence-corrected chi connectivity index (χ4v) is 3.59. The van der Waals surface area contributed by atoms with Crippen molar-refractivity contribution in [2.75, 3.05) is 6.61 Å². The average molecular weight is 417 g/mol. The third-order valence-electron chi connectivity index (χ3n) is 4.99. The molecule has 0 saturated heterocycles. The molecule has 0 aliphatic heterocycles. The van der Waals surface area contributed by atoms with Crippen LogP contribution in [0.4, 0.5) is 8.78 Å². The van der Waals surface area contributed by atoms with Crippen LogP contribution >= 0.6 is 23.2 Å². The van der Waals surface area contributed by atoms with E-state index in [0.29, 0.717) is 40.7 Å². The quantitative estimate of drug-likeness (QED) is 0.545. The van der Waals surface area contributed by atoms with Crippen molar-refractivity contribution >= 4 is 23.2 Å². The summed E-state index contributed by atoms with van der Waals surface area (Å²) in [6.45, 7) is 1.78. The topological polar surface area (TPSA) is 32.6 Å². The molecule has 3 nitrogen and oxygen atoms in total. The number of H-pyrrole nitrogens is 1. The van der Waals surface area contributed by atoms with Crippen LogP contribution in [-0.2, 0) is 6.42 Å². The van der Waals surface area contributed by atoms with Crippen molar-refractivity contribution in [3.8, 4) is 11.5 Å². The number of aromatic amines is 1. The zero-order chi connectivity index (χ0) is 19.6. The Morgan fingerprint density at radius 2 is 1.85 bits per heavy atom. The number of ether oxygens (including phenoxy) is 2. The Bertz CT molecular complexity index is 783. The molecule has 0 spiro atoms. The lowest BCUT2D eigenvalue weighted by molar-refractivity contribution is -0.377. The summed E-state index contributed by atoms with van der Waals surface area (Å²) in [5.74, 6) is 1.55. The second-order valence-electron chi connectivity index (χ2n) is 7.10. The van der Waals surface area contributed by atoms with E-state index in [1.165, 1.54) is 6.07 Å². The number of rotatable bonds is 8. The van der Waals surface area contributed by atoms with Gasteiger partial charge in [0.2, 0.25) is 0 Å². The van der Waals surface area contributed by atoms with Crippen molar-refractivity contribution in [2.45, 2.75) is 39.2 Å². The molecule has 0 bridgehead atoms. The lowest BCUT2D eigenvalue weighted by atomic mass is 9.94. The molecule has 0 amide bonds. The van der Waals surface area contributed by atoms with Crippen molar-refractivity contribution in [1.82, 2.24) is 0 Å². The Balaban J connectivity index is 1.79. The van der Waals surface area contributed by atoms with Crippen LogP contribution in [0.15, 0.2) is 30.6 Å². The molecule has 1 aliphatic rings. The van der Waals surface area contributed by atoms with Crippen LogP contribution < -0.4 is 14.5 Å². The molecule has 1 aromatic heterocycles. The molecule has 7 heteroatoms. The minimum absolute atomic E-state index is 0.0552. The summed E-state index contributed by atoms with van der Waals surface area (Å²) in [7, 11) is 0.